The van der Waals surface area contributed by atoms with E-state index < -0.39 is 17.7 Å². The van der Waals surface area contributed by atoms with Gasteiger partial charge in [-0.05, 0) is 68.9 Å². The van der Waals surface area contributed by atoms with Gasteiger partial charge in [0.2, 0.25) is 0 Å². The number of hydrogen-bond donors (Lipinski definition) is 1. The summed E-state index contributed by atoms with van der Waals surface area (Å²) >= 11 is 0. The Morgan fingerprint density at radius 3 is 2.59 bits per heavy atom. The molecule has 2 aliphatic rings. The molecule has 2 unspecified atom stereocenters. The van der Waals surface area contributed by atoms with Crippen LogP contribution in [0.25, 0.3) is 5.76 Å². The predicted octanol–water partition coefficient (Wildman–Crippen LogP) is 3.78. The third-order valence-electron chi connectivity index (χ3n) is 6.17. The molecular formula is C27H32N2O5. The maximum atomic E-state index is 13.2. The van der Waals surface area contributed by atoms with Crippen LogP contribution in [-0.4, -0.2) is 66.5 Å². The van der Waals surface area contributed by atoms with Gasteiger partial charge in [0.05, 0.1) is 18.2 Å². The van der Waals surface area contributed by atoms with Gasteiger partial charge in [-0.1, -0.05) is 19.1 Å². The molecule has 0 bridgehead atoms. The summed E-state index contributed by atoms with van der Waals surface area (Å²) < 4.78 is 11.5. The maximum absolute atomic E-state index is 13.2. The van der Waals surface area contributed by atoms with Gasteiger partial charge in [-0.15, -0.1) is 0 Å². The molecule has 1 fully saturated rings. The highest BCUT2D eigenvalue weighted by Gasteiger charge is 2.46. The summed E-state index contributed by atoms with van der Waals surface area (Å²) in [6.45, 7) is 5.60. The van der Waals surface area contributed by atoms with Gasteiger partial charge in [0.1, 0.15) is 23.4 Å². The zero-order valence-electron chi connectivity index (χ0n) is 20.2. The molecule has 34 heavy (non-hydrogen) atoms. The number of aliphatic hydroxyl groups excluding tert-OH is 1. The average Bonchev–Trinajstić information content (AvgIpc) is 3.31. The van der Waals surface area contributed by atoms with Crippen LogP contribution in [-0.2, 0) is 16.0 Å². The summed E-state index contributed by atoms with van der Waals surface area (Å²) in [5.41, 5.74) is 2.35. The Morgan fingerprint density at radius 1 is 1.18 bits per heavy atom. The fourth-order valence-electron chi connectivity index (χ4n) is 4.46. The lowest BCUT2D eigenvalue weighted by Crippen LogP contribution is -2.35. The monoisotopic (exact) mass is 464 g/mol. The quantitative estimate of drug-likeness (QED) is 0.364. The largest absolute Gasteiger partial charge is 0.507 e. The van der Waals surface area contributed by atoms with Crippen molar-refractivity contribution in [2.75, 3.05) is 33.8 Å². The molecule has 2 aromatic carbocycles. The Hall–Kier alpha value is -3.32. The summed E-state index contributed by atoms with van der Waals surface area (Å²) in [4.78, 5) is 29.7. The van der Waals surface area contributed by atoms with Gasteiger partial charge in [0.15, 0.2) is 0 Å². The number of hydrogen-bond acceptors (Lipinski definition) is 6. The topological polar surface area (TPSA) is 79.3 Å². The highest BCUT2D eigenvalue weighted by atomic mass is 16.5. The summed E-state index contributed by atoms with van der Waals surface area (Å²) in [6, 6.07) is 12.1. The molecule has 2 atom stereocenters. The molecule has 7 nitrogen and oxygen atoms in total. The molecular weight excluding hydrogens is 432 g/mol. The number of carbonyl (C=O) groups is 2. The van der Waals surface area contributed by atoms with E-state index in [9.17, 15) is 14.7 Å². The van der Waals surface area contributed by atoms with Crippen molar-refractivity contribution in [3.05, 3.63) is 64.7 Å². The Kier molecular flexibility index (Phi) is 6.93. The number of likely N-dealkylation sites (N-methyl/N-ethyl adjacent to an activating group) is 1. The fraction of sp³-hybridized carbons (Fsp3) is 0.407. The number of carbonyl (C=O) groups excluding carboxylic acids is 2. The lowest BCUT2D eigenvalue weighted by atomic mass is 9.94. The van der Waals surface area contributed by atoms with E-state index in [0.29, 0.717) is 25.3 Å². The van der Waals surface area contributed by atoms with Crippen molar-refractivity contribution in [2.24, 2.45) is 0 Å². The zero-order chi connectivity index (χ0) is 24.4. The molecule has 0 spiro atoms. The Labute approximate surface area is 200 Å². The first-order valence-electron chi connectivity index (χ1n) is 11.8. The molecule has 180 valence electrons. The molecule has 7 heteroatoms. The van der Waals surface area contributed by atoms with Crippen molar-refractivity contribution in [1.29, 1.82) is 0 Å². The van der Waals surface area contributed by atoms with Crippen LogP contribution in [0.15, 0.2) is 48.0 Å². The number of nitrogens with zero attached hydrogens (tertiary/aromatic N) is 2. The van der Waals surface area contributed by atoms with Gasteiger partial charge in [-0.3, -0.25) is 9.59 Å². The molecule has 1 saturated heterocycles. The first-order valence-corrected chi connectivity index (χ1v) is 11.8. The number of amides is 1. The second-order valence-electron chi connectivity index (χ2n) is 9.17. The van der Waals surface area contributed by atoms with E-state index >= 15 is 0 Å². The minimum absolute atomic E-state index is 0.0671. The number of ether oxygens (including phenoxy) is 2. The van der Waals surface area contributed by atoms with E-state index in [1.54, 1.807) is 11.0 Å². The number of benzene rings is 2. The summed E-state index contributed by atoms with van der Waals surface area (Å²) in [6.07, 6.45) is 1.70. The van der Waals surface area contributed by atoms with Gasteiger partial charge < -0.3 is 24.4 Å². The summed E-state index contributed by atoms with van der Waals surface area (Å²) in [5.74, 6) is 0.0816. The second kappa shape index (κ2) is 9.89. The number of ketones is 1. The number of fused-ring (bicyclic) bond motifs is 1. The Bertz CT molecular complexity index is 1110. The molecule has 0 radical (unpaired) electrons. The molecule has 2 aliphatic heterocycles. The van der Waals surface area contributed by atoms with Crippen molar-refractivity contribution in [3.63, 3.8) is 0 Å². The van der Waals surface area contributed by atoms with E-state index in [1.807, 2.05) is 69.2 Å². The van der Waals surface area contributed by atoms with Crippen molar-refractivity contribution in [1.82, 2.24) is 9.80 Å². The van der Waals surface area contributed by atoms with E-state index in [1.165, 1.54) is 0 Å². The number of Topliss-reactive ketones (excluding diaryl/α,β-unsaturated/α-hetero) is 1. The van der Waals surface area contributed by atoms with Gasteiger partial charge >= 0.3 is 0 Å². The highest BCUT2D eigenvalue weighted by molar-refractivity contribution is 6.46. The molecule has 1 amide bonds. The van der Waals surface area contributed by atoms with E-state index in [2.05, 4.69) is 0 Å². The van der Waals surface area contributed by atoms with Crippen LogP contribution in [0, 0.1) is 0 Å². The van der Waals surface area contributed by atoms with Crippen LogP contribution in [0.2, 0.25) is 0 Å². The maximum Gasteiger partial charge on any atom is 0.295 e. The highest BCUT2D eigenvalue weighted by Crippen LogP contribution is 2.40. The predicted molar refractivity (Wildman–Crippen MR) is 130 cm³/mol. The first kappa shape index (κ1) is 23.8. The second-order valence-corrected chi connectivity index (χ2v) is 9.17. The first-order chi connectivity index (χ1) is 16.3. The van der Waals surface area contributed by atoms with Crippen molar-refractivity contribution < 1.29 is 24.2 Å². The lowest BCUT2D eigenvalue weighted by Gasteiger charge is -2.26. The SMILES string of the molecule is CCCOc1ccc(C2/C(=C(\O)c3ccc4c(c3)CC(C)O4)C(=O)C(=O)N2CCN(C)C)cc1. The van der Waals surface area contributed by atoms with Crippen LogP contribution in [0.5, 0.6) is 11.5 Å². The molecule has 0 saturated carbocycles. The molecule has 4 rings (SSSR count). The Balaban J connectivity index is 1.76. The van der Waals surface area contributed by atoms with Gasteiger partial charge in [0, 0.05) is 25.1 Å². The molecule has 2 heterocycles. The van der Waals surface area contributed by atoms with Crippen LogP contribution < -0.4 is 9.47 Å². The van der Waals surface area contributed by atoms with Gasteiger partial charge in [-0.2, -0.15) is 0 Å². The van der Waals surface area contributed by atoms with Crippen LogP contribution >= 0.6 is 0 Å². The van der Waals surface area contributed by atoms with Crippen molar-refractivity contribution >= 4 is 17.4 Å². The third-order valence-corrected chi connectivity index (χ3v) is 6.17. The smallest absolute Gasteiger partial charge is 0.295 e. The molecule has 2 aromatic rings. The zero-order valence-corrected chi connectivity index (χ0v) is 20.2. The van der Waals surface area contributed by atoms with Crippen LogP contribution in [0.1, 0.15) is 43.0 Å². The lowest BCUT2D eigenvalue weighted by molar-refractivity contribution is -0.140. The van der Waals surface area contributed by atoms with Gasteiger partial charge in [0.25, 0.3) is 11.7 Å². The number of rotatable bonds is 8. The van der Waals surface area contributed by atoms with Gasteiger partial charge in [-0.25, -0.2) is 0 Å². The fourth-order valence-corrected chi connectivity index (χ4v) is 4.46. The minimum Gasteiger partial charge on any atom is -0.507 e. The summed E-state index contributed by atoms with van der Waals surface area (Å²) in [7, 11) is 3.83. The molecule has 1 N–H and O–H groups in total. The van der Waals surface area contributed by atoms with Crippen molar-refractivity contribution in [3.8, 4) is 11.5 Å². The minimum atomic E-state index is -0.677. The van der Waals surface area contributed by atoms with Crippen LogP contribution in [0.3, 0.4) is 0 Å². The van der Waals surface area contributed by atoms with E-state index in [0.717, 1.165) is 35.5 Å². The summed E-state index contributed by atoms with van der Waals surface area (Å²) in [5, 5.41) is 11.3. The molecule has 0 aliphatic carbocycles. The number of likely N-dealkylation sites (tertiary alicyclic amines) is 1. The van der Waals surface area contributed by atoms with E-state index in [4.69, 9.17) is 9.47 Å². The molecule has 0 aromatic heterocycles. The normalized spacial score (nSPS) is 21.1. The average molecular weight is 465 g/mol. The van der Waals surface area contributed by atoms with Crippen LogP contribution in [0.4, 0.5) is 0 Å². The third kappa shape index (κ3) is 4.66. The number of aliphatic hydroxyl groups is 1. The Morgan fingerprint density at radius 2 is 1.91 bits per heavy atom. The standard InChI is InChI=1S/C27H32N2O5/c1-5-14-33-21-9-6-18(7-10-21)24-23(26(31)27(32)29(24)13-12-28(3)4)25(30)19-8-11-22-20(16-19)15-17(2)34-22/h6-11,16-17,24,30H,5,12-15H2,1-4H3/b25-23+. The van der Waals surface area contributed by atoms with Crippen molar-refractivity contribution in [2.45, 2.75) is 38.8 Å². The van der Waals surface area contributed by atoms with E-state index in [-0.39, 0.29) is 17.4 Å².